The van der Waals surface area contributed by atoms with Gasteiger partial charge in [0.25, 0.3) is 0 Å². The summed E-state index contributed by atoms with van der Waals surface area (Å²) in [5.41, 5.74) is 0. The molecule has 0 nitrogen and oxygen atoms in total. The van der Waals surface area contributed by atoms with Crippen LogP contribution < -0.4 is 0 Å². The van der Waals surface area contributed by atoms with Crippen molar-refractivity contribution in [3.05, 3.63) is 15.1 Å². The van der Waals surface area contributed by atoms with Crippen LogP contribution in [0.5, 0.6) is 0 Å². The largest absolute Gasteiger partial charge is 0.127 e. The number of halogens is 3. The maximum atomic E-state index is 6.27. The Bertz CT molecular complexity index is 380. The molecule has 1 rings (SSSR count). The molecule has 0 unspecified atom stereocenters. The second-order valence-electron chi connectivity index (χ2n) is 2.54. The van der Waals surface area contributed by atoms with Crippen LogP contribution in [0.4, 0.5) is 0 Å². The molecule has 0 spiro atoms. The Morgan fingerprint density at radius 2 is 0.933 bits per heavy atom. The Kier molecular flexibility index (Phi) is 5.85. The molecule has 0 heterocycles. The molecule has 0 saturated heterocycles. The van der Waals surface area contributed by atoms with E-state index in [0.717, 1.165) is 14.7 Å². The predicted molar refractivity (Wildman–Crippen MR) is 76.8 cm³/mol. The fourth-order valence-electron chi connectivity index (χ4n) is 1.14. The van der Waals surface area contributed by atoms with E-state index in [1.165, 1.54) is 11.8 Å². The number of rotatable bonds is 3. The van der Waals surface area contributed by atoms with Gasteiger partial charge in [-0.2, -0.15) is 0 Å². The standard InChI is InChI=1S/C9H9Cl3S3/c1-13-7-4(10)5(11)8(14-2)9(15-3)6(7)12/h1-3H3. The number of thioether (sulfide) groups is 3. The first-order valence-electron chi connectivity index (χ1n) is 3.90. The Morgan fingerprint density at radius 3 is 1.33 bits per heavy atom. The van der Waals surface area contributed by atoms with Crippen LogP contribution in [0.1, 0.15) is 0 Å². The molecule has 0 bridgehead atoms. The van der Waals surface area contributed by atoms with Gasteiger partial charge < -0.3 is 0 Å². The minimum Gasteiger partial charge on any atom is -0.127 e. The Morgan fingerprint density at radius 1 is 0.600 bits per heavy atom. The molecule has 6 heteroatoms. The molecular formula is C9H9Cl3S3. The van der Waals surface area contributed by atoms with Crippen LogP contribution in [0.15, 0.2) is 14.7 Å². The molecule has 0 N–H and O–H groups in total. The van der Waals surface area contributed by atoms with Crippen LogP contribution in [0.3, 0.4) is 0 Å². The molecular weight excluding hydrogens is 311 g/mol. The number of benzene rings is 1. The zero-order valence-corrected chi connectivity index (χ0v) is 13.1. The summed E-state index contributed by atoms with van der Waals surface area (Å²) in [6.07, 6.45) is 5.88. The lowest BCUT2D eigenvalue weighted by atomic mass is 10.3. The van der Waals surface area contributed by atoms with Gasteiger partial charge >= 0.3 is 0 Å². The van der Waals surface area contributed by atoms with Crippen LogP contribution in [0.25, 0.3) is 0 Å². The molecule has 0 aliphatic rings. The lowest BCUT2D eigenvalue weighted by molar-refractivity contribution is 1.19. The first-order valence-corrected chi connectivity index (χ1v) is 8.71. The minimum absolute atomic E-state index is 0.552. The summed E-state index contributed by atoms with van der Waals surface area (Å²) in [6, 6.07) is 0. The normalized spacial score (nSPS) is 10.8. The van der Waals surface area contributed by atoms with Crippen molar-refractivity contribution in [3.8, 4) is 0 Å². The van der Waals surface area contributed by atoms with E-state index in [9.17, 15) is 0 Å². The molecule has 1 aromatic carbocycles. The number of hydrogen-bond acceptors (Lipinski definition) is 3. The van der Waals surface area contributed by atoms with Crippen LogP contribution in [-0.4, -0.2) is 18.8 Å². The van der Waals surface area contributed by atoms with E-state index in [4.69, 9.17) is 34.8 Å². The average molecular weight is 320 g/mol. The lowest BCUT2D eigenvalue weighted by Crippen LogP contribution is -1.87. The molecule has 0 aliphatic heterocycles. The van der Waals surface area contributed by atoms with Crippen molar-refractivity contribution in [2.75, 3.05) is 18.8 Å². The van der Waals surface area contributed by atoms with E-state index < -0.39 is 0 Å². The summed E-state index contributed by atoms with van der Waals surface area (Å²) in [7, 11) is 0. The fraction of sp³-hybridized carbons (Fsp3) is 0.333. The van der Waals surface area contributed by atoms with E-state index >= 15 is 0 Å². The van der Waals surface area contributed by atoms with Crippen LogP contribution in [-0.2, 0) is 0 Å². The van der Waals surface area contributed by atoms with E-state index in [0.29, 0.717) is 15.1 Å². The molecule has 0 radical (unpaired) electrons. The lowest BCUT2D eigenvalue weighted by Gasteiger charge is -2.14. The topological polar surface area (TPSA) is 0 Å². The SMILES string of the molecule is CSc1c(Cl)c(Cl)c(SC)c(SC)c1Cl. The summed E-state index contributed by atoms with van der Waals surface area (Å²) in [5.74, 6) is 0. The van der Waals surface area contributed by atoms with Gasteiger partial charge in [-0.05, 0) is 18.8 Å². The number of hydrogen-bond donors (Lipinski definition) is 0. The third kappa shape index (κ3) is 2.70. The highest BCUT2D eigenvalue weighted by Gasteiger charge is 2.19. The second-order valence-corrected chi connectivity index (χ2v) is 6.13. The first-order chi connectivity index (χ1) is 7.08. The molecule has 0 saturated carbocycles. The van der Waals surface area contributed by atoms with E-state index in [-0.39, 0.29) is 0 Å². The van der Waals surface area contributed by atoms with Crippen molar-refractivity contribution in [1.29, 1.82) is 0 Å². The molecule has 0 fully saturated rings. The Labute approximate surface area is 118 Å². The van der Waals surface area contributed by atoms with Gasteiger partial charge in [0.15, 0.2) is 0 Å². The molecule has 15 heavy (non-hydrogen) atoms. The highest BCUT2D eigenvalue weighted by atomic mass is 35.5. The molecule has 84 valence electrons. The minimum atomic E-state index is 0.552. The smallest absolute Gasteiger partial charge is 0.0755 e. The third-order valence-electron chi connectivity index (χ3n) is 1.81. The maximum absolute atomic E-state index is 6.27. The maximum Gasteiger partial charge on any atom is 0.0755 e. The monoisotopic (exact) mass is 318 g/mol. The van der Waals surface area contributed by atoms with Crippen molar-refractivity contribution >= 4 is 70.1 Å². The predicted octanol–water partition coefficient (Wildman–Crippen LogP) is 5.81. The van der Waals surface area contributed by atoms with Gasteiger partial charge in [0.05, 0.1) is 15.1 Å². The average Bonchev–Trinajstić information content (AvgIpc) is 2.23. The van der Waals surface area contributed by atoms with Crippen LogP contribution in [0.2, 0.25) is 15.1 Å². The van der Waals surface area contributed by atoms with Crippen molar-refractivity contribution in [1.82, 2.24) is 0 Å². The Balaban J connectivity index is 3.57. The van der Waals surface area contributed by atoms with Gasteiger partial charge in [-0.3, -0.25) is 0 Å². The summed E-state index contributed by atoms with van der Waals surface area (Å²) >= 11 is 23.3. The van der Waals surface area contributed by atoms with Gasteiger partial charge in [-0.25, -0.2) is 0 Å². The first kappa shape index (κ1) is 14.2. The molecule has 0 atom stereocenters. The summed E-state index contributed by atoms with van der Waals surface area (Å²) in [4.78, 5) is 2.81. The van der Waals surface area contributed by atoms with Crippen LogP contribution >= 0.6 is 70.1 Å². The van der Waals surface area contributed by atoms with Crippen molar-refractivity contribution in [2.45, 2.75) is 14.7 Å². The van der Waals surface area contributed by atoms with Gasteiger partial charge in [0, 0.05) is 14.7 Å². The highest BCUT2D eigenvalue weighted by molar-refractivity contribution is 8.02. The molecule has 0 aliphatic carbocycles. The zero-order chi connectivity index (χ0) is 11.6. The quantitative estimate of drug-likeness (QED) is 0.509. The summed E-state index contributed by atoms with van der Waals surface area (Å²) in [5, 5.41) is 1.85. The van der Waals surface area contributed by atoms with Gasteiger partial charge in [0.1, 0.15) is 0 Å². The van der Waals surface area contributed by atoms with E-state index in [1.54, 1.807) is 23.5 Å². The zero-order valence-electron chi connectivity index (χ0n) is 8.36. The van der Waals surface area contributed by atoms with Gasteiger partial charge in [0.2, 0.25) is 0 Å². The molecule has 0 aromatic heterocycles. The highest BCUT2D eigenvalue weighted by Crippen LogP contribution is 2.48. The van der Waals surface area contributed by atoms with Crippen LogP contribution in [0, 0.1) is 0 Å². The van der Waals surface area contributed by atoms with Crippen molar-refractivity contribution in [3.63, 3.8) is 0 Å². The molecule has 0 amide bonds. The van der Waals surface area contributed by atoms with Crippen molar-refractivity contribution in [2.24, 2.45) is 0 Å². The van der Waals surface area contributed by atoms with E-state index in [1.807, 2.05) is 18.8 Å². The summed E-state index contributed by atoms with van der Waals surface area (Å²) < 4.78 is 0. The van der Waals surface area contributed by atoms with Crippen molar-refractivity contribution < 1.29 is 0 Å². The van der Waals surface area contributed by atoms with E-state index in [2.05, 4.69) is 0 Å². The molecule has 1 aromatic rings. The third-order valence-corrected chi connectivity index (χ3v) is 6.07. The fourth-order valence-corrected chi connectivity index (χ4v) is 5.17. The summed E-state index contributed by atoms with van der Waals surface area (Å²) in [6.45, 7) is 0. The Hall–Kier alpha value is 1.14. The van der Waals surface area contributed by atoms with Gasteiger partial charge in [-0.1, -0.05) is 34.8 Å². The second kappa shape index (κ2) is 6.18. The van der Waals surface area contributed by atoms with Gasteiger partial charge in [-0.15, -0.1) is 35.3 Å².